The lowest BCUT2D eigenvalue weighted by molar-refractivity contribution is -0.223. The fraction of sp³-hybridized carbons (Fsp3) is 0.556. The van der Waals surface area contributed by atoms with Gasteiger partial charge in [-0.25, -0.2) is 0 Å². The van der Waals surface area contributed by atoms with Gasteiger partial charge in [0.05, 0.1) is 0 Å². The summed E-state index contributed by atoms with van der Waals surface area (Å²) in [5.41, 5.74) is 2.12. The minimum absolute atomic E-state index is 0.577. The van der Waals surface area contributed by atoms with E-state index >= 15 is 0 Å². The first-order valence-electron chi connectivity index (χ1n) is 4.46. The van der Waals surface area contributed by atoms with E-state index < -0.39 is 30.6 Å². The topological polar surface area (TPSA) is 35.2 Å². The van der Waals surface area contributed by atoms with Crippen LogP contribution in [0, 0.1) is 0 Å². The highest BCUT2D eigenvalue weighted by atomic mass is 19.4. The second-order valence-corrected chi connectivity index (χ2v) is 3.52. The second kappa shape index (κ2) is 4.34. The van der Waals surface area contributed by atoms with Gasteiger partial charge in [0.15, 0.2) is 5.54 Å². The Balaban J connectivity index is 2.83. The summed E-state index contributed by atoms with van der Waals surface area (Å²) in [5.74, 6) is 0. The van der Waals surface area contributed by atoms with Crippen molar-refractivity contribution in [3.8, 4) is 0 Å². The van der Waals surface area contributed by atoms with Gasteiger partial charge >= 0.3 is 12.4 Å². The molecule has 8 heteroatoms. The third-order valence-electron chi connectivity index (χ3n) is 2.16. The molecular weight excluding hydrogens is 252 g/mol. The number of allylic oxidation sites excluding steroid dienone is 2. The van der Waals surface area contributed by atoms with E-state index in [9.17, 15) is 26.3 Å². The fourth-order valence-corrected chi connectivity index (χ4v) is 1.27. The third kappa shape index (κ3) is 3.22. The molecule has 98 valence electrons. The van der Waals surface area contributed by atoms with Crippen LogP contribution in [0.15, 0.2) is 24.3 Å². The van der Waals surface area contributed by atoms with Crippen molar-refractivity contribution >= 4 is 0 Å². The third-order valence-corrected chi connectivity index (χ3v) is 2.16. The highest BCUT2D eigenvalue weighted by molar-refractivity contribution is 5.27. The standard InChI is InChI=1S/C9H9F6NO/c10-8(11,12)5-17-6-3-1-2-4-7(6,16)9(13,14)15/h1-4,6H,5,16H2. The van der Waals surface area contributed by atoms with Crippen LogP contribution in [-0.4, -0.2) is 30.6 Å². The molecule has 0 saturated carbocycles. The van der Waals surface area contributed by atoms with Gasteiger partial charge in [-0.05, 0) is 0 Å². The van der Waals surface area contributed by atoms with Crippen LogP contribution in [0.4, 0.5) is 26.3 Å². The van der Waals surface area contributed by atoms with Crippen molar-refractivity contribution in [3.63, 3.8) is 0 Å². The van der Waals surface area contributed by atoms with Crippen molar-refractivity contribution in [2.45, 2.75) is 24.0 Å². The Bertz CT molecular complexity index is 331. The van der Waals surface area contributed by atoms with Gasteiger partial charge in [-0.1, -0.05) is 24.3 Å². The lowest BCUT2D eigenvalue weighted by Gasteiger charge is -2.36. The first-order chi connectivity index (χ1) is 7.56. The van der Waals surface area contributed by atoms with Crippen LogP contribution in [0.1, 0.15) is 0 Å². The van der Waals surface area contributed by atoms with E-state index in [1.54, 1.807) is 0 Å². The molecule has 2 atom stereocenters. The van der Waals surface area contributed by atoms with Crippen molar-refractivity contribution in [2.24, 2.45) is 5.73 Å². The zero-order valence-electron chi connectivity index (χ0n) is 8.35. The molecule has 0 aromatic rings. The monoisotopic (exact) mass is 261 g/mol. The zero-order valence-corrected chi connectivity index (χ0v) is 8.35. The van der Waals surface area contributed by atoms with Gasteiger partial charge in [-0.2, -0.15) is 26.3 Å². The van der Waals surface area contributed by atoms with Crippen LogP contribution in [0.3, 0.4) is 0 Å². The second-order valence-electron chi connectivity index (χ2n) is 3.52. The van der Waals surface area contributed by atoms with Gasteiger partial charge in [-0.15, -0.1) is 0 Å². The number of halogens is 6. The van der Waals surface area contributed by atoms with Gasteiger partial charge in [0.2, 0.25) is 0 Å². The molecule has 0 bridgehead atoms. The van der Waals surface area contributed by atoms with Crippen LogP contribution < -0.4 is 5.73 Å². The quantitative estimate of drug-likeness (QED) is 0.774. The largest absolute Gasteiger partial charge is 0.412 e. The molecule has 0 aromatic heterocycles. The number of ether oxygens (including phenoxy) is 1. The van der Waals surface area contributed by atoms with Crippen LogP contribution >= 0.6 is 0 Å². The van der Waals surface area contributed by atoms with E-state index in [4.69, 9.17) is 5.73 Å². The Morgan fingerprint density at radius 3 is 2.18 bits per heavy atom. The van der Waals surface area contributed by atoms with Crippen LogP contribution in [0.5, 0.6) is 0 Å². The number of hydrogen-bond donors (Lipinski definition) is 1. The fourth-order valence-electron chi connectivity index (χ4n) is 1.27. The summed E-state index contributed by atoms with van der Waals surface area (Å²) in [5, 5.41) is 0. The van der Waals surface area contributed by atoms with E-state index in [1.165, 1.54) is 0 Å². The van der Waals surface area contributed by atoms with Crippen molar-refractivity contribution in [1.82, 2.24) is 0 Å². The molecule has 0 aliphatic heterocycles. The molecular formula is C9H9F6NO. The molecule has 0 spiro atoms. The van der Waals surface area contributed by atoms with Gasteiger partial charge in [0.1, 0.15) is 12.7 Å². The van der Waals surface area contributed by atoms with E-state index in [0.29, 0.717) is 6.08 Å². The summed E-state index contributed by atoms with van der Waals surface area (Å²) in [7, 11) is 0. The van der Waals surface area contributed by atoms with E-state index in [0.717, 1.165) is 18.2 Å². The molecule has 0 heterocycles. The molecule has 0 radical (unpaired) electrons. The first-order valence-corrected chi connectivity index (χ1v) is 4.46. The maximum absolute atomic E-state index is 12.6. The van der Waals surface area contributed by atoms with Crippen molar-refractivity contribution in [2.75, 3.05) is 6.61 Å². The predicted octanol–water partition coefficient (Wildman–Crippen LogP) is 2.32. The van der Waals surface area contributed by atoms with Gasteiger partial charge in [0, 0.05) is 0 Å². The summed E-state index contributed by atoms with van der Waals surface area (Å²) in [4.78, 5) is 0. The first kappa shape index (κ1) is 14.0. The Morgan fingerprint density at radius 1 is 1.12 bits per heavy atom. The Kier molecular flexibility index (Phi) is 3.58. The van der Waals surface area contributed by atoms with E-state index in [-0.39, 0.29) is 0 Å². The molecule has 0 saturated heterocycles. The molecule has 2 N–H and O–H groups in total. The number of hydrogen-bond acceptors (Lipinski definition) is 2. The normalized spacial score (nSPS) is 29.7. The van der Waals surface area contributed by atoms with E-state index in [2.05, 4.69) is 4.74 Å². The lowest BCUT2D eigenvalue weighted by atomic mass is 9.88. The zero-order chi connectivity index (χ0) is 13.3. The minimum Gasteiger partial charge on any atom is -0.362 e. The Hall–Kier alpha value is -1.02. The number of rotatable bonds is 2. The summed E-state index contributed by atoms with van der Waals surface area (Å²) >= 11 is 0. The summed E-state index contributed by atoms with van der Waals surface area (Å²) < 4.78 is 77.7. The van der Waals surface area contributed by atoms with Crippen molar-refractivity contribution in [1.29, 1.82) is 0 Å². The maximum Gasteiger partial charge on any atom is 0.412 e. The van der Waals surface area contributed by atoms with Crippen molar-refractivity contribution < 1.29 is 31.1 Å². The number of nitrogens with two attached hydrogens (primary N) is 1. The van der Waals surface area contributed by atoms with Gasteiger partial charge in [0.25, 0.3) is 0 Å². The van der Waals surface area contributed by atoms with Crippen molar-refractivity contribution in [3.05, 3.63) is 24.3 Å². The molecule has 2 nitrogen and oxygen atoms in total. The van der Waals surface area contributed by atoms with Gasteiger partial charge < -0.3 is 10.5 Å². The summed E-state index contributed by atoms with van der Waals surface area (Å²) in [6.07, 6.45) is -7.91. The average molecular weight is 261 g/mol. The lowest BCUT2D eigenvalue weighted by Crippen LogP contribution is -2.61. The Morgan fingerprint density at radius 2 is 1.71 bits per heavy atom. The minimum atomic E-state index is -4.90. The predicted molar refractivity (Wildman–Crippen MR) is 47.0 cm³/mol. The van der Waals surface area contributed by atoms with E-state index in [1.807, 2.05) is 0 Å². The molecule has 0 aromatic carbocycles. The molecule has 0 fully saturated rings. The van der Waals surface area contributed by atoms with Gasteiger partial charge in [-0.3, -0.25) is 0 Å². The average Bonchev–Trinajstić information content (AvgIpc) is 2.13. The van der Waals surface area contributed by atoms with Crippen LogP contribution in [-0.2, 0) is 4.74 Å². The Labute approximate surface area is 92.7 Å². The summed E-state index contributed by atoms with van der Waals surface area (Å²) in [6, 6.07) is 0. The molecule has 1 aliphatic rings. The van der Waals surface area contributed by atoms with Crippen LogP contribution in [0.25, 0.3) is 0 Å². The maximum atomic E-state index is 12.6. The smallest absolute Gasteiger partial charge is 0.362 e. The van der Waals surface area contributed by atoms with Crippen LogP contribution in [0.2, 0.25) is 0 Å². The highest BCUT2D eigenvalue weighted by Gasteiger charge is 2.56. The SMILES string of the molecule is NC1(C(F)(F)F)C=CC=CC1OCC(F)(F)F. The molecule has 0 amide bonds. The molecule has 1 rings (SSSR count). The molecule has 17 heavy (non-hydrogen) atoms. The number of alkyl halides is 6. The highest BCUT2D eigenvalue weighted by Crippen LogP contribution is 2.36. The molecule has 1 aliphatic carbocycles. The molecule has 2 unspecified atom stereocenters. The summed E-state index contributed by atoms with van der Waals surface area (Å²) in [6.45, 7) is -1.79.